The van der Waals surface area contributed by atoms with E-state index in [4.69, 9.17) is 9.47 Å². The van der Waals surface area contributed by atoms with Gasteiger partial charge in [0.2, 0.25) is 0 Å². The molecular formula is C13H13BrN4O2. The molecule has 7 heteroatoms. The summed E-state index contributed by atoms with van der Waals surface area (Å²) in [5.41, 5.74) is 1.76. The molecule has 6 nitrogen and oxygen atoms in total. The number of imidazole rings is 1. The van der Waals surface area contributed by atoms with Crippen LogP contribution in [0.3, 0.4) is 0 Å². The highest BCUT2D eigenvalue weighted by Crippen LogP contribution is 2.29. The van der Waals surface area contributed by atoms with Gasteiger partial charge in [0.15, 0.2) is 5.82 Å². The molecule has 3 rings (SSSR count). The van der Waals surface area contributed by atoms with E-state index in [1.54, 1.807) is 18.7 Å². The first-order valence-electron chi connectivity index (χ1n) is 5.96. The summed E-state index contributed by atoms with van der Waals surface area (Å²) in [6.45, 7) is 1.92. The zero-order valence-electron chi connectivity index (χ0n) is 11.3. The molecule has 0 aliphatic heterocycles. The molecule has 104 valence electrons. The third kappa shape index (κ3) is 2.03. The van der Waals surface area contributed by atoms with E-state index in [-0.39, 0.29) is 0 Å². The van der Waals surface area contributed by atoms with Crippen molar-refractivity contribution in [2.75, 3.05) is 14.2 Å². The molecule has 0 amide bonds. The van der Waals surface area contributed by atoms with Crippen LogP contribution in [-0.2, 0) is 0 Å². The first kappa shape index (κ1) is 13.0. The second-order valence-corrected chi connectivity index (χ2v) is 5.05. The van der Waals surface area contributed by atoms with Gasteiger partial charge >= 0.3 is 0 Å². The van der Waals surface area contributed by atoms with Crippen molar-refractivity contribution in [1.82, 2.24) is 19.6 Å². The van der Waals surface area contributed by atoms with Crippen molar-refractivity contribution in [2.45, 2.75) is 6.92 Å². The number of rotatable bonds is 3. The van der Waals surface area contributed by atoms with Crippen molar-refractivity contribution in [3.05, 3.63) is 28.5 Å². The molecule has 0 spiro atoms. The lowest BCUT2D eigenvalue weighted by molar-refractivity contribution is 0.394. The highest BCUT2D eigenvalue weighted by molar-refractivity contribution is 9.10. The van der Waals surface area contributed by atoms with E-state index in [0.29, 0.717) is 23.1 Å². The Hall–Kier alpha value is -2.02. The summed E-state index contributed by atoms with van der Waals surface area (Å²) in [5, 5.41) is 3.19. The summed E-state index contributed by atoms with van der Waals surface area (Å²) in [4.78, 5) is 8.83. The number of aromatic amines is 1. The van der Waals surface area contributed by atoms with Crippen LogP contribution in [0.4, 0.5) is 0 Å². The molecule has 2 heterocycles. The van der Waals surface area contributed by atoms with E-state index < -0.39 is 0 Å². The van der Waals surface area contributed by atoms with Gasteiger partial charge in [0.25, 0.3) is 5.78 Å². The van der Waals surface area contributed by atoms with E-state index in [1.165, 1.54) is 0 Å². The van der Waals surface area contributed by atoms with Gasteiger partial charge in [0.1, 0.15) is 16.1 Å². The van der Waals surface area contributed by atoms with Crippen LogP contribution < -0.4 is 9.47 Å². The summed E-state index contributed by atoms with van der Waals surface area (Å²) >= 11 is 3.47. The Kier molecular flexibility index (Phi) is 3.13. The van der Waals surface area contributed by atoms with E-state index >= 15 is 0 Å². The van der Waals surface area contributed by atoms with Gasteiger partial charge in [0, 0.05) is 11.6 Å². The number of fused-ring (bicyclic) bond motifs is 1. The quantitative estimate of drug-likeness (QED) is 0.798. The molecule has 0 unspecified atom stereocenters. The van der Waals surface area contributed by atoms with Gasteiger partial charge in [-0.25, -0.2) is 9.50 Å². The van der Waals surface area contributed by atoms with Crippen LogP contribution in [0.15, 0.2) is 22.8 Å². The van der Waals surface area contributed by atoms with Gasteiger partial charge in [-0.15, -0.1) is 0 Å². The van der Waals surface area contributed by atoms with Crippen molar-refractivity contribution in [3.8, 4) is 22.9 Å². The van der Waals surface area contributed by atoms with Crippen molar-refractivity contribution in [1.29, 1.82) is 0 Å². The second-order valence-electron chi connectivity index (χ2n) is 4.30. The first-order chi connectivity index (χ1) is 9.62. The summed E-state index contributed by atoms with van der Waals surface area (Å²) in [6.07, 6.45) is 0. The fourth-order valence-corrected chi connectivity index (χ4v) is 2.31. The smallest absolute Gasteiger partial charge is 0.252 e. The van der Waals surface area contributed by atoms with Crippen molar-refractivity contribution < 1.29 is 9.47 Å². The molecule has 0 bridgehead atoms. The topological polar surface area (TPSA) is 64.4 Å². The highest BCUT2D eigenvalue weighted by Gasteiger charge is 2.13. The maximum Gasteiger partial charge on any atom is 0.252 e. The van der Waals surface area contributed by atoms with E-state index in [2.05, 4.69) is 31.0 Å². The standard InChI is InChI=1S/C13H13BrN4O2/c1-7-11(14)18-13(15-7)16-12(17-18)8-4-9(19-2)6-10(5-8)20-3/h4-6H,1-3H3,(H,15,16,17). The molecule has 0 aliphatic rings. The maximum atomic E-state index is 5.26. The van der Waals surface area contributed by atoms with E-state index in [1.807, 2.05) is 25.1 Å². The monoisotopic (exact) mass is 336 g/mol. The lowest BCUT2D eigenvalue weighted by atomic mass is 10.2. The summed E-state index contributed by atoms with van der Waals surface area (Å²) < 4.78 is 13.2. The molecule has 3 aromatic rings. The van der Waals surface area contributed by atoms with E-state index in [9.17, 15) is 0 Å². The molecule has 20 heavy (non-hydrogen) atoms. The zero-order chi connectivity index (χ0) is 14.3. The van der Waals surface area contributed by atoms with Crippen LogP contribution in [0.5, 0.6) is 11.5 Å². The summed E-state index contributed by atoms with van der Waals surface area (Å²) in [7, 11) is 3.24. The van der Waals surface area contributed by atoms with Gasteiger partial charge in [-0.2, -0.15) is 4.98 Å². The average molecular weight is 337 g/mol. The fraction of sp³-hybridized carbons (Fsp3) is 0.231. The van der Waals surface area contributed by atoms with Crippen LogP contribution in [0.1, 0.15) is 5.69 Å². The Morgan fingerprint density at radius 3 is 2.30 bits per heavy atom. The average Bonchev–Trinajstić information content (AvgIpc) is 2.99. The van der Waals surface area contributed by atoms with Crippen LogP contribution in [0.25, 0.3) is 17.2 Å². The number of benzene rings is 1. The number of aryl methyl sites for hydroxylation is 1. The lowest BCUT2D eigenvalue weighted by Gasteiger charge is -2.06. The van der Waals surface area contributed by atoms with Crippen molar-refractivity contribution in [3.63, 3.8) is 0 Å². The van der Waals surface area contributed by atoms with Gasteiger partial charge < -0.3 is 9.47 Å². The number of nitrogens with one attached hydrogen (secondary N) is 1. The maximum absolute atomic E-state index is 5.26. The summed E-state index contributed by atoms with van der Waals surface area (Å²) in [6, 6.07) is 5.60. The number of aromatic nitrogens is 4. The predicted octanol–water partition coefficient (Wildman–Crippen LogP) is 2.81. The molecule has 1 aromatic carbocycles. The first-order valence-corrected chi connectivity index (χ1v) is 6.75. The summed E-state index contributed by atoms with van der Waals surface area (Å²) in [5.74, 6) is 2.74. The van der Waals surface area contributed by atoms with Gasteiger partial charge in [-0.1, -0.05) is 0 Å². The molecule has 2 aromatic heterocycles. The number of ether oxygens (including phenoxy) is 2. The minimum absolute atomic E-state index is 0.617. The van der Waals surface area contributed by atoms with Crippen LogP contribution in [0.2, 0.25) is 0 Å². The molecule has 0 fully saturated rings. The highest BCUT2D eigenvalue weighted by atomic mass is 79.9. The number of H-pyrrole nitrogens is 1. The Labute approximate surface area is 123 Å². The number of methoxy groups -OCH3 is 2. The van der Waals surface area contributed by atoms with Crippen LogP contribution in [0, 0.1) is 6.92 Å². The lowest BCUT2D eigenvalue weighted by Crippen LogP contribution is -1.91. The van der Waals surface area contributed by atoms with Gasteiger partial charge in [-0.3, -0.25) is 5.10 Å². The zero-order valence-corrected chi connectivity index (χ0v) is 12.9. The third-order valence-electron chi connectivity index (χ3n) is 3.02. The van der Waals surface area contributed by atoms with Crippen molar-refractivity contribution >= 4 is 21.7 Å². The Morgan fingerprint density at radius 1 is 1.10 bits per heavy atom. The SMILES string of the molecule is COc1cc(OC)cc(-c2nc3nc(C)c(Br)n3[nH]2)c1. The van der Waals surface area contributed by atoms with E-state index in [0.717, 1.165) is 15.9 Å². The van der Waals surface area contributed by atoms with Gasteiger partial charge in [-0.05, 0) is 35.0 Å². The fourth-order valence-electron chi connectivity index (χ4n) is 1.97. The Balaban J connectivity index is 2.14. The van der Waals surface area contributed by atoms with Crippen molar-refractivity contribution in [2.24, 2.45) is 0 Å². The Morgan fingerprint density at radius 2 is 1.75 bits per heavy atom. The molecule has 0 radical (unpaired) electrons. The number of hydrogen-bond acceptors (Lipinski definition) is 4. The molecular weight excluding hydrogens is 324 g/mol. The minimum Gasteiger partial charge on any atom is -0.497 e. The molecule has 0 atom stereocenters. The van der Waals surface area contributed by atoms with Crippen LogP contribution in [-0.4, -0.2) is 33.8 Å². The van der Waals surface area contributed by atoms with Gasteiger partial charge in [0.05, 0.1) is 19.9 Å². The third-order valence-corrected chi connectivity index (χ3v) is 3.95. The normalized spacial score (nSPS) is 11.0. The molecule has 0 saturated heterocycles. The minimum atomic E-state index is 0.617. The number of halogens is 1. The number of nitrogens with zero attached hydrogens (tertiary/aromatic N) is 3. The second kappa shape index (κ2) is 4.82. The Bertz CT molecular complexity index is 756. The predicted molar refractivity (Wildman–Crippen MR) is 78.3 cm³/mol. The van der Waals surface area contributed by atoms with Crippen LogP contribution >= 0.6 is 15.9 Å². The number of hydrogen-bond donors (Lipinski definition) is 1. The molecule has 0 saturated carbocycles. The largest absolute Gasteiger partial charge is 0.497 e. The molecule has 0 aliphatic carbocycles. The molecule has 1 N–H and O–H groups in total.